The number of aryl methyl sites for hydroxylation is 1. The van der Waals surface area contributed by atoms with Crippen LogP contribution in [-0.2, 0) is 4.74 Å². The van der Waals surface area contributed by atoms with Gasteiger partial charge in [0.2, 0.25) is 0 Å². The standard InChI is InChI=1S/C19H24N4O4S/c1-12-5-6-13(10-20)17(22-12)28-16(15-7-8-21-27-15)9-14(11-24)23-18(25)26-19(2,3)4/h5-8,14,16,24H,9,11H2,1-4H3,(H,23,25)/t14-,16?/m0/s1. The summed E-state index contributed by atoms with van der Waals surface area (Å²) >= 11 is 1.33. The number of aromatic nitrogens is 2. The first-order valence-electron chi connectivity index (χ1n) is 8.77. The molecule has 0 fully saturated rings. The van der Waals surface area contributed by atoms with Gasteiger partial charge in [0.15, 0.2) is 0 Å². The quantitative estimate of drug-likeness (QED) is 0.674. The molecule has 0 spiro atoms. The lowest BCUT2D eigenvalue weighted by Crippen LogP contribution is -2.41. The molecular weight excluding hydrogens is 380 g/mol. The van der Waals surface area contributed by atoms with E-state index in [1.807, 2.05) is 6.92 Å². The maximum Gasteiger partial charge on any atom is 0.407 e. The van der Waals surface area contributed by atoms with E-state index in [1.54, 1.807) is 39.0 Å². The van der Waals surface area contributed by atoms with E-state index >= 15 is 0 Å². The van der Waals surface area contributed by atoms with Crippen molar-refractivity contribution in [2.24, 2.45) is 0 Å². The van der Waals surface area contributed by atoms with Gasteiger partial charge in [0.05, 0.1) is 29.7 Å². The number of nitriles is 1. The van der Waals surface area contributed by atoms with Crippen LogP contribution >= 0.6 is 11.8 Å². The predicted molar refractivity (Wildman–Crippen MR) is 104 cm³/mol. The molecule has 1 amide bonds. The van der Waals surface area contributed by atoms with E-state index in [-0.39, 0.29) is 11.9 Å². The van der Waals surface area contributed by atoms with Gasteiger partial charge in [0.1, 0.15) is 22.5 Å². The Bertz CT molecular complexity index is 827. The van der Waals surface area contributed by atoms with Gasteiger partial charge in [-0.3, -0.25) is 0 Å². The second-order valence-corrected chi connectivity index (χ2v) is 8.39. The molecule has 0 aliphatic carbocycles. The van der Waals surface area contributed by atoms with Crippen molar-refractivity contribution in [2.75, 3.05) is 6.61 Å². The lowest BCUT2D eigenvalue weighted by atomic mass is 10.1. The summed E-state index contributed by atoms with van der Waals surface area (Å²) < 4.78 is 10.5. The van der Waals surface area contributed by atoms with E-state index in [9.17, 15) is 15.2 Å². The Morgan fingerprint density at radius 2 is 2.18 bits per heavy atom. The van der Waals surface area contributed by atoms with Gasteiger partial charge in [-0.25, -0.2) is 9.78 Å². The number of pyridine rings is 1. The van der Waals surface area contributed by atoms with E-state index < -0.39 is 17.7 Å². The van der Waals surface area contributed by atoms with E-state index in [1.165, 1.54) is 18.0 Å². The Morgan fingerprint density at radius 1 is 1.43 bits per heavy atom. The number of nitrogens with zero attached hydrogens (tertiary/aromatic N) is 3. The maximum atomic E-state index is 12.1. The Morgan fingerprint density at radius 3 is 2.75 bits per heavy atom. The van der Waals surface area contributed by atoms with Crippen molar-refractivity contribution in [3.8, 4) is 6.07 Å². The second kappa shape index (κ2) is 9.57. The zero-order valence-electron chi connectivity index (χ0n) is 16.3. The molecule has 2 atom stereocenters. The molecule has 9 heteroatoms. The topological polar surface area (TPSA) is 121 Å². The van der Waals surface area contributed by atoms with Gasteiger partial charge >= 0.3 is 6.09 Å². The summed E-state index contributed by atoms with van der Waals surface area (Å²) in [6.07, 6.45) is 1.24. The number of alkyl carbamates (subject to hydrolysis) is 1. The molecule has 2 N–H and O–H groups in total. The molecule has 2 rings (SSSR count). The zero-order valence-corrected chi connectivity index (χ0v) is 17.1. The predicted octanol–water partition coefficient (Wildman–Crippen LogP) is 3.36. The van der Waals surface area contributed by atoms with Gasteiger partial charge in [-0.05, 0) is 46.2 Å². The molecule has 2 heterocycles. The fraction of sp³-hybridized carbons (Fsp3) is 0.474. The number of aliphatic hydroxyl groups excluding tert-OH is 1. The van der Waals surface area contributed by atoms with Crippen molar-refractivity contribution in [1.82, 2.24) is 15.5 Å². The third-order valence-corrected chi connectivity index (χ3v) is 4.83. The van der Waals surface area contributed by atoms with Crippen LogP contribution in [0.15, 0.2) is 33.9 Å². The molecule has 0 aliphatic heterocycles. The van der Waals surface area contributed by atoms with E-state index in [0.717, 1.165) is 5.69 Å². The van der Waals surface area contributed by atoms with E-state index in [4.69, 9.17) is 9.26 Å². The van der Waals surface area contributed by atoms with Crippen molar-refractivity contribution < 1.29 is 19.2 Å². The van der Waals surface area contributed by atoms with Crippen molar-refractivity contribution in [1.29, 1.82) is 5.26 Å². The third-order valence-electron chi connectivity index (χ3n) is 3.59. The average molecular weight is 404 g/mol. The van der Waals surface area contributed by atoms with Crippen LogP contribution in [0.5, 0.6) is 0 Å². The zero-order chi connectivity index (χ0) is 20.7. The van der Waals surface area contributed by atoms with Crippen molar-refractivity contribution >= 4 is 17.9 Å². The number of carbonyl (C=O) groups excluding carboxylic acids is 1. The molecule has 2 aromatic heterocycles. The normalized spacial score (nSPS) is 13.4. The van der Waals surface area contributed by atoms with Gasteiger partial charge in [0, 0.05) is 11.8 Å². The number of aliphatic hydroxyl groups is 1. The van der Waals surface area contributed by atoms with Crippen molar-refractivity contribution in [3.63, 3.8) is 0 Å². The monoisotopic (exact) mass is 404 g/mol. The van der Waals surface area contributed by atoms with Crippen LogP contribution in [0.3, 0.4) is 0 Å². The molecule has 150 valence electrons. The number of amides is 1. The largest absolute Gasteiger partial charge is 0.444 e. The molecule has 0 bridgehead atoms. The first-order valence-corrected chi connectivity index (χ1v) is 9.65. The average Bonchev–Trinajstić information content (AvgIpc) is 3.13. The summed E-state index contributed by atoms with van der Waals surface area (Å²) in [5.74, 6) is 0.557. The minimum Gasteiger partial charge on any atom is -0.444 e. The SMILES string of the molecule is Cc1ccc(C#N)c(SC(C[C@@H](CO)NC(=O)OC(C)(C)C)c2ccno2)n1. The smallest absolute Gasteiger partial charge is 0.407 e. The molecule has 0 aromatic carbocycles. The van der Waals surface area contributed by atoms with Crippen LogP contribution in [-0.4, -0.2) is 39.6 Å². The number of rotatable bonds is 7. The van der Waals surface area contributed by atoms with Crippen molar-refractivity contribution in [2.45, 2.75) is 56.0 Å². The fourth-order valence-corrected chi connectivity index (χ4v) is 3.64. The fourth-order valence-electron chi connectivity index (χ4n) is 2.37. The lowest BCUT2D eigenvalue weighted by Gasteiger charge is -2.24. The molecule has 0 aliphatic rings. The van der Waals surface area contributed by atoms with Crippen LogP contribution in [0.1, 0.15) is 49.5 Å². The summed E-state index contributed by atoms with van der Waals surface area (Å²) in [5, 5.41) is 25.7. The minimum absolute atomic E-state index is 0.281. The van der Waals surface area contributed by atoms with Crippen LogP contribution in [0.4, 0.5) is 4.79 Å². The van der Waals surface area contributed by atoms with Gasteiger partial charge in [-0.15, -0.1) is 0 Å². The van der Waals surface area contributed by atoms with Gasteiger partial charge < -0.3 is 19.7 Å². The maximum absolute atomic E-state index is 12.1. The highest BCUT2D eigenvalue weighted by Gasteiger charge is 2.26. The van der Waals surface area contributed by atoms with Crippen LogP contribution in [0.2, 0.25) is 0 Å². The first kappa shape index (κ1) is 21.7. The number of nitrogens with one attached hydrogen (secondary N) is 1. The first-order chi connectivity index (χ1) is 13.2. The molecule has 0 radical (unpaired) electrons. The summed E-state index contributed by atoms with van der Waals surface area (Å²) in [6, 6.07) is 6.75. The number of hydrogen-bond donors (Lipinski definition) is 2. The highest BCUT2D eigenvalue weighted by atomic mass is 32.2. The number of thioether (sulfide) groups is 1. The Labute approximate surface area is 168 Å². The summed E-state index contributed by atoms with van der Waals surface area (Å²) in [5.41, 5.74) is 0.584. The number of carbonyl (C=O) groups is 1. The summed E-state index contributed by atoms with van der Waals surface area (Å²) in [6.45, 7) is 6.85. The molecule has 0 saturated heterocycles. The molecule has 28 heavy (non-hydrogen) atoms. The van der Waals surface area contributed by atoms with Crippen LogP contribution in [0, 0.1) is 18.3 Å². The highest BCUT2D eigenvalue weighted by Crippen LogP contribution is 2.39. The number of ether oxygens (including phenoxy) is 1. The Kier molecular flexibility index (Phi) is 7.43. The van der Waals surface area contributed by atoms with Gasteiger partial charge in [-0.1, -0.05) is 16.9 Å². The molecular formula is C19H24N4O4S. The summed E-state index contributed by atoms with van der Waals surface area (Å²) in [7, 11) is 0. The lowest BCUT2D eigenvalue weighted by molar-refractivity contribution is 0.0478. The Balaban J connectivity index is 2.19. The van der Waals surface area contributed by atoms with E-state index in [2.05, 4.69) is 21.5 Å². The van der Waals surface area contributed by atoms with Crippen molar-refractivity contribution in [3.05, 3.63) is 41.4 Å². The van der Waals surface area contributed by atoms with Crippen LogP contribution in [0.25, 0.3) is 0 Å². The van der Waals surface area contributed by atoms with E-state index in [0.29, 0.717) is 22.8 Å². The van der Waals surface area contributed by atoms with Gasteiger partial charge in [0.25, 0.3) is 0 Å². The second-order valence-electron chi connectivity index (χ2n) is 7.20. The third kappa shape index (κ3) is 6.55. The highest BCUT2D eigenvalue weighted by molar-refractivity contribution is 7.99. The molecule has 0 saturated carbocycles. The summed E-state index contributed by atoms with van der Waals surface area (Å²) in [4.78, 5) is 16.5. The Hall–Kier alpha value is -2.57. The molecule has 1 unspecified atom stereocenters. The minimum atomic E-state index is -0.643. The van der Waals surface area contributed by atoms with Gasteiger partial charge in [-0.2, -0.15) is 5.26 Å². The number of hydrogen-bond acceptors (Lipinski definition) is 8. The van der Waals surface area contributed by atoms with Crippen LogP contribution < -0.4 is 5.32 Å². The molecule has 8 nitrogen and oxygen atoms in total. The molecule has 2 aromatic rings.